The van der Waals surface area contributed by atoms with E-state index in [0.29, 0.717) is 25.9 Å². The first-order valence-electron chi connectivity index (χ1n) is 10.5. The van der Waals surface area contributed by atoms with Gasteiger partial charge in [0.1, 0.15) is 5.65 Å². The number of aromatic nitrogens is 2. The maximum absolute atomic E-state index is 13.1. The van der Waals surface area contributed by atoms with Crippen molar-refractivity contribution in [2.45, 2.75) is 40.0 Å². The lowest BCUT2D eigenvalue weighted by molar-refractivity contribution is -0.134. The van der Waals surface area contributed by atoms with Crippen molar-refractivity contribution >= 4 is 17.5 Å². The monoisotopic (exact) mass is 404 g/mol. The number of primary amides is 1. The Morgan fingerprint density at radius 3 is 2.47 bits per heavy atom. The summed E-state index contributed by atoms with van der Waals surface area (Å²) in [6.45, 7) is 7.36. The molecule has 3 heterocycles. The summed E-state index contributed by atoms with van der Waals surface area (Å²) in [6.07, 6.45) is 3.53. The van der Waals surface area contributed by atoms with Crippen molar-refractivity contribution in [3.8, 4) is 11.3 Å². The Morgan fingerprint density at radius 2 is 1.80 bits per heavy atom. The molecule has 2 N–H and O–H groups in total. The lowest BCUT2D eigenvalue weighted by Gasteiger charge is -2.30. The van der Waals surface area contributed by atoms with Gasteiger partial charge in [-0.15, -0.1) is 0 Å². The zero-order valence-electron chi connectivity index (χ0n) is 17.8. The highest BCUT2D eigenvalue weighted by atomic mass is 16.2. The highest BCUT2D eigenvalue weighted by Crippen LogP contribution is 2.28. The molecular weight excluding hydrogens is 376 g/mol. The number of benzene rings is 1. The van der Waals surface area contributed by atoms with Crippen molar-refractivity contribution in [2.24, 2.45) is 11.7 Å². The Labute approximate surface area is 176 Å². The average Bonchev–Trinajstić information content (AvgIpc) is 3.07. The Balaban J connectivity index is 1.68. The first-order valence-corrected chi connectivity index (χ1v) is 10.5. The van der Waals surface area contributed by atoms with E-state index in [2.05, 4.69) is 32.0 Å². The third-order valence-electron chi connectivity index (χ3n) is 6.23. The first-order chi connectivity index (χ1) is 14.3. The van der Waals surface area contributed by atoms with Crippen LogP contribution in [0.2, 0.25) is 0 Å². The molecule has 1 aliphatic rings. The molecule has 1 saturated heterocycles. The van der Waals surface area contributed by atoms with Crippen molar-refractivity contribution in [1.82, 2.24) is 14.3 Å². The van der Waals surface area contributed by atoms with E-state index in [1.807, 2.05) is 34.6 Å². The highest BCUT2D eigenvalue weighted by molar-refractivity contribution is 5.82. The Bertz CT molecular complexity index is 1120. The molecule has 3 aromatic rings. The van der Waals surface area contributed by atoms with Crippen LogP contribution in [-0.4, -0.2) is 39.2 Å². The molecule has 0 bridgehead atoms. The molecule has 30 heavy (non-hydrogen) atoms. The molecule has 2 aromatic heterocycles. The summed E-state index contributed by atoms with van der Waals surface area (Å²) >= 11 is 0. The van der Waals surface area contributed by atoms with Crippen LogP contribution in [-0.2, 0) is 16.0 Å². The van der Waals surface area contributed by atoms with Crippen LogP contribution in [0.3, 0.4) is 0 Å². The van der Waals surface area contributed by atoms with Crippen LogP contribution >= 0.6 is 0 Å². The molecule has 4 rings (SSSR count). The number of amides is 2. The van der Waals surface area contributed by atoms with E-state index in [0.717, 1.165) is 28.2 Å². The number of nitrogens with zero attached hydrogens (tertiary/aromatic N) is 3. The van der Waals surface area contributed by atoms with E-state index in [-0.39, 0.29) is 24.2 Å². The van der Waals surface area contributed by atoms with Gasteiger partial charge >= 0.3 is 0 Å². The predicted octanol–water partition coefficient (Wildman–Crippen LogP) is 3.19. The van der Waals surface area contributed by atoms with Gasteiger partial charge in [-0.2, -0.15) is 0 Å². The number of pyridine rings is 1. The van der Waals surface area contributed by atoms with Gasteiger partial charge in [-0.25, -0.2) is 4.98 Å². The number of carbonyl (C=O) groups excluding carboxylic acids is 2. The van der Waals surface area contributed by atoms with Crippen LogP contribution in [0.4, 0.5) is 0 Å². The number of rotatable bonds is 4. The van der Waals surface area contributed by atoms with Crippen LogP contribution in [0, 0.1) is 26.7 Å². The summed E-state index contributed by atoms with van der Waals surface area (Å²) in [5, 5.41) is 0. The number of hydrogen-bond acceptors (Lipinski definition) is 3. The highest BCUT2D eigenvalue weighted by Gasteiger charge is 2.27. The molecule has 6 heteroatoms. The molecule has 0 unspecified atom stereocenters. The van der Waals surface area contributed by atoms with Crippen LogP contribution in [0.1, 0.15) is 35.2 Å². The SMILES string of the molecule is Cc1ccn2c(CC(=O)N3CCC(C(N)=O)CC3)c(-c3ccc(C)c(C)c3)nc2c1. The minimum Gasteiger partial charge on any atom is -0.369 e. The molecule has 0 radical (unpaired) electrons. The second kappa shape index (κ2) is 7.94. The van der Waals surface area contributed by atoms with Gasteiger partial charge in [0, 0.05) is 30.8 Å². The molecular formula is C24H28N4O2. The molecule has 0 spiro atoms. The number of hydrogen-bond donors (Lipinski definition) is 1. The summed E-state index contributed by atoms with van der Waals surface area (Å²) in [5.41, 5.74) is 12.6. The van der Waals surface area contributed by atoms with E-state index >= 15 is 0 Å². The van der Waals surface area contributed by atoms with Crippen molar-refractivity contribution in [1.29, 1.82) is 0 Å². The van der Waals surface area contributed by atoms with Gasteiger partial charge in [0.15, 0.2) is 0 Å². The van der Waals surface area contributed by atoms with Gasteiger partial charge in [-0.05, 0) is 68.5 Å². The average molecular weight is 405 g/mol. The number of piperidine rings is 1. The quantitative estimate of drug-likeness (QED) is 0.725. The molecule has 1 aliphatic heterocycles. The maximum atomic E-state index is 13.1. The zero-order valence-corrected chi connectivity index (χ0v) is 17.8. The zero-order chi connectivity index (χ0) is 21.4. The number of aryl methyl sites for hydroxylation is 3. The maximum Gasteiger partial charge on any atom is 0.228 e. The molecule has 0 atom stereocenters. The van der Waals surface area contributed by atoms with E-state index < -0.39 is 0 Å². The van der Waals surface area contributed by atoms with Crippen molar-refractivity contribution < 1.29 is 9.59 Å². The van der Waals surface area contributed by atoms with Gasteiger partial charge in [0.2, 0.25) is 11.8 Å². The van der Waals surface area contributed by atoms with E-state index in [9.17, 15) is 9.59 Å². The standard InChI is InChI=1S/C24H28N4O2/c1-15-6-11-28-20(14-22(29)27-9-7-18(8-10-27)24(25)30)23(26-21(28)12-15)19-5-4-16(2)17(3)13-19/h4-6,11-13,18H,7-10,14H2,1-3H3,(H2,25,30). The van der Waals surface area contributed by atoms with Crippen molar-refractivity contribution in [3.63, 3.8) is 0 Å². The molecule has 2 amide bonds. The summed E-state index contributed by atoms with van der Waals surface area (Å²) < 4.78 is 2.02. The van der Waals surface area contributed by atoms with Gasteiger partial charge in [0.05, 0.1) is 17.8 Å². The fourth-order valence-electron chi connectivity index (χ4n) is 4.15. The minimum absolute atomic E-state index is 0.0605. The Hall–Kier alpha value is -3.15. The summed E-state index contributed by atoms with van der Waals surface area (Å²) in [7, 11) is 0. The van der Waals surface area contributed by atoms with E-state index in [1.165, 1.54) is 11.1 Å². The molecule has 0 aliphatic carbocycles. The second-order valence-corrected chi connectivity index (χ2v) is 8.37. The third-order valence-corrected chi connectivity index (χ3v) is 6.23. The number of likely N-dealkylation sites (tertiary alicyclic amines) is 1. The van der Waals surface area contributed by atoms with Gasteiger partial charge in [-0.1, -0.05) is 12.1 Å². The van der Waals surface area contributed by atoms with E-state index in [4.69, 9.17) is 10.7 Å². The summed E-state index contributed by atoms with van der Waals surface area (Å²) in [4.78, 5) is 31.3. The minimum atomic E-state index is -0.267. The number of nitrogens with two attached hydrogens (primary N) is 1. The van der Waals surface area contributed by atoms with Crippen molar-refractivity contribution in [2.75, 3.05) is 13.1 Å². The fraction of sp³-hybridized carbons (Fsp3) is 0.375. The van der Waals surface area contributed by atoms with Crippen LogP contribution < -0.4 is 5.73 Å². The van der Waals surface area contributed by atoms with Crippen LogP contribution in [0.15, 0.2) is 36.5 Å². The Kier molecular flexibility index (Phi) is 5.33. The van der Waals surface area contributed by atoms with Crippen LogP contribution in [0.5, 0.6) is 0 Å². The van der Waals surface area contributed by atoms with Crippen molar-refractivity contribution in [3.05, 3.63) is 58.9 Å². The molecule has 1 fully saturated rings. The smallest absolute Gasteiger partial charge is 0.228 e. The first kappa shape index (κ1) is 20.1. The lowest BCUT2D eigenvalue weighted by atomic mass is 9.96. The molecule has 156 valence electrons. The normalized spacial score (nSPS) is 15.0. The van der Waals surface area contributed by atoms with Crippen LogP contribution in [0.25, 0.3) is 16.9 Å². The largest absolute Gasteiger partial charge is 0.369 e. The topological polar surface area (TPSA) is 80.7 Å². The number of imidazole rings is 1. The summed E-state index contributed by atoms with van der Waals surface area (Å²) in [6, 6.07) is 10.4. The lowest BCUT2D eigenvalue weighted by Crippen LogP contribution is -2.42. The number of fused-ring (bicyclic) bond motifs is 1. The summed E-state index contributed by atoms with van der Waals surface area (Å²) in [5.74, 6) is -0.333. The second-order valence-electron chi connectivity index (χ2n) is 8.37. The third kappa shape index (κ3) is 3.82. The van der Waals surface area contributed by atoms with Gasteiger partial charge in [0.25, 0.3) is 0 Å². The van der Waals surface area contributed by atoms with Gasteiger partial charge < -0.3 is 15.0 Å². The fourth-order valence-corrected chi connectivity index (χ4v) is 4.15. The molecule has 0 saturated carbocycles. The Morgan fingerprint density at radius 1 is 1.07 bits per heavy atom. The predicted molar refractivity (Wildman–Crippen MR) is 117 cm³/mol. The van der Waals surface area contributed by atoms with Gasteiger partial charge in [-0.3, -0.25) is 9.59 Å². The number of carbonyl (C=O) groups is 2. The molecule has 6 nitrogen and oxygen atoms in total. The molecule has 1 aromatic carbocycles. The van der Waals surface area contributed by atoms with E-state index in [1.54, 1.807) is 0 Å².